The Bertz CT molecular complexity index is 545. The monoisotopic (exact) mass is 310 g/mol. The van der Waals surface area contributed by atoms with E-state index in [1.807, 2.05) is 31.3 Å². The first-order valence-corrected chi connectivity index (χ1v) is 6.56. The van der Waals surface area contributed by atoms with Crippen molar-refractivity contribution in [3.63, 3.8) is 0 Å². The van der Waals surface area contributed by atoms with Crippen molar-refractivity contribution in [2.45, 2.75) is 13.3 Å². The van der Waals surface area contributed by atoms with Gasteiger partial charge in [-0.1, -0.05) is 22.0 Å². The summed E-state index contributed by atoms with van der Waals surface area (Å²) in [5.74, 6) is 0.548. The predicted octanol–water partition coefficient (Wildman–Crippen LogP) is 3.39. The Morgan fingerprint density at radius 2 is 2.17 bits per heavy atom. The zero-order chi connectivity index (χ0) is 13.0. The number of ether oxygens (including phenoxy) is 1. The second-order valence-corrected chi connectivity index (χ2v) is 4.77. The smallest absolute Gasteiger partial charge is 0.226 e. The second-order valence-electron chi connectivity index (χ2n) is 3.86. The first-order valence-electron chi connectivity index (χ1n) is 5.77. The third-order valence-electron chi connectivity index (χ3n) is 2.58. The van der Waals surface area contributed by atoms with Gasteiger partial charge in [-0.25, -0.2) is 9.37 Å². The summed E-state index contributed by atoms with van der Waals surface area (Å²) in [6.07, 6.45) is 2.30. The molecule has 0 amide bonds. The minimum atomic E-state index is -0.218. The number of rotatable bonds is 4. The Morgan fingerprint density at radius 1 is 1.33 bits per heavy atom. The standard InChI is InChI=1S/C14H13BrFNO/c1-2-18-14-4-3-7-17-13(14)8-10-5-6-11(15)9-12(10)16/h3-7,9H,2,8H2,1H3/p+1. The number of H-pyrrole nitrogens is 1. The molecule has 0 spiro atoms. The Labute approximate surface area is 114 Å². The van der Waals surface area contributed by atoms with E-state index in [0.717, 1.165) is 15.9 Å². The molecule has 2 rings (SSSR count). The first kappa shape index (κ1) is 13.0. The van der Waals surface area contributed by atoms with E-state index in [0.29, 0.717) is 18.6 Å². The van der Waals surface area contributed by atoms with Crippen molar-refractivity contribution in [3.05, 3.63) is 58.1 Å². The van der Waals surface area contributed by atoms with Crippen LogP contribution in [-0.4, -0.2) is 6.61 Å². The van der Waals surface area contributed by atoms with Gasteiger partial charge in [0.15, 0.2) is 11.9 Å². The van der Waals surface area contributed by atoms with E-state index in [-0.39, 0.29) is 5.82 Å². The molecule has 0 bridgehead atoms. The van der Waals surface area contributed by atoms with E-state index in [2.05, 4.69) is 20.9 Å². The Hall–Kier alpha value is -1.42. The maximum Gasteiger partial charge on any atom is 0.226 e. The molecule has 0 aliphatic heterocycles. The lowest BCUT2D eigenvalue weighted by Crippen LogP contribution is -2.13. The molecule has 2 nitrogen and oxygen atoms in total. The van der Waals surface area contributed by atoms with Gasteiger partial charge < -0.3 is 4.74 Å². The molecule has 4 heteroatoms. The van der Waals surface area contributed by atoms with E-state index < -0.39 is 0 Å². The fraction of sp³-hybridized carbons (Fsp3) is 0.214. The highest BCUT2D eigenvalue weighted by atomic mass is 79.9. The number of hydrogen-bond donors (Lipinski definition) is 0. The zero-order valence-corrected chi connectivity index (χ0v) is 11.6. The van der Waals surface area contributed by atoms with Crippen molar-refractivity contribution in [2.75, 3.05) is 6.61 Å². The van der Waals surface area contributed by atoms with Crippen molar-refractivity contribution in [1.29, 1.82) is 0 Å². The third kappa shape index (κ3) is 3.07. The van der Waals surface area contributed by atoms with Crippen molar-refractivity contribution in [1.82, 2.24) is 0 Å². The van der Waals surface area contributed by atoms with Gasteiger partial charge in [0.2, 0.25) is 5.69 Å². The Kier molecular flexibility index (Phi) is 4.31. The van der Waals surface area contributed by atoms with Crippen molar-refractivity contribution in [3.8, 4) is 5.75 Å². The number of halogens is 2. The maximum absolute atomic E-state index is 13.8. The molecular formula is C14H14BrFNO+. The van der Waals surface area contributed by atoms with E-state index in [1.54, 1.807) is 6.07 Å². The average molecular weight is 311 g/mol. The third-order valence-corrected chi connectivity index (χ3v) is 3.07. The van der Waals surface area contributed by atoms with Crippen LogP contribution >= 0.6 is 15.9 Å². The van der Waals surface area contributed by atoms with Crippen LogP contribution in [0.2, 0.25) is 0 Å². The number of nitrogens with one attached hydrogen (secondary N) is 1. The molecule has 94 valence electrons. The zero-order valence-electron chi connectivity index (χ0n) is 10.0. The molecule has 18 heavy (non-hydrogen) atoms. The van der Waals surface area contributed by atoms with E-state index >= 15 is 0 Å². The summed E-state index contributed by atoms with van der Waals surface area (Å²) in [4.78, 5) is 3.11. The van der Waals surface area contributed by atoms with Crippen molar-refractivity contribution in [2.24, 2.45) is 0 Å². The number of aromatic amines is 1. The van der Waals surface area contributed by atoms with Gasteiger partial charge in [-0.15, -0.1) is 0 Å². The van der Waals surface area contributed by atoms with Gasteiger partial charge in [0.25, 0.3) is 0 Å². The van der Waals surface area contributed by atoms with E-state index in [1.165, 1.54) is 6.07 Å². The van der Waals surface area contributed by atoms with Crippen molar-refractivity contribution < 1.29 is 14.1 Å². The lowest BCUT2D eigenvalue weighted by atomic mass is 10.1. The minimum Gasteiger partial charge on any atom is -0.488 e. The summed E-state index contributed by atoms with van der Waals surface area (Å²) in [6.45, 7) is 2.52. The highest BCUT2D eigenvalue weighted by Gasteiger charge is 2.13. The number of hydrogen-bond acceptors (Lipinski definition) is 1. The summed E-state index contributed by atoms with van der Waals surface area (Å²) < 4.78 is 20.0. The quantitative estimate of drug-likeness (QED) is 0.849. The molecule has 0 radical (unpaired) electrons. The van der Waals surface area contributed by atoms with Crippen LogP contribution in [0.25, 0.3) is 0 Å². The Morgan fingerprint density at radius 3 is 2.89 bits per heavy atom. The van der Waals surface area contributed by atoms with Gasteiger partial charge in [-0.2, -0.15) is 0 Å². The highest BCUT2D eigenvalue weighted by Crippen LogP contribution is 2.21. The highest BCUT2D eigenvalue weighted by molar-refractivity contribution is 9.10. The summed E-state index contributed by atoms with van der Waals surface area (Å²) >= 11 is 3.25. The van der Waals surface area contributed by atoms with Crippen LogP contribution in [0.3, 0.4) is 0 Å². The van der Waals surface area contributed by atoms with Crippen LogP contribution in [0.4, 0.5) is 4.39 Å². The molecule has 0 saturated carbocycles. The van der Waals surface area contributed by atoms with Crippen LogP contribution < -0.4 is 9.72 Å². The molecule has 0 aliphatic rings. The topological polar surface area (TPSA) is 23.4 Å². The molecule has 0 fully saturated rings. The molecule has 0 unspecified atom stereocenters. The molecule has 1 aromatic carbocycles. The van der Waals surface area contributed by atoms with Gasteiger partial charge in [0.1, 0.15) is 5.82 Å². The van der Waals surface area contributed by atoms with Crippen LogP contribution in [0.1, 0.15) is 18.2 Å². The number of benzene rings is 1. The lowest BCUT2D eigenvalue weighted by molar-refractivity contribution is -0.390. The molecule has 0 aliphatic carbocycles. The predicted molar refractivity (Wildman–Crippen MR) is 71.1 cm³/mol. The molecular weight excluding hydrogens is 297 g/mol. The normalized spacial score (nSPS) is 10.4. The SMILES string of the molecule is CCOc1ccc[nH+]c1Cc1ccc(Br)cc1F. The molecule has 1 heterocycles. The summed E-state index contributed by atoms with van der Waals surface area (Å²) in [5.41, 5.74) is 1.52. The molecule has 0 saturated heterocycles. The van der Waals surface area contributed by atoms with Crippen LogP contribution in [0.5, 0.6) is 5.75 Å². The van der Waals surface area contributed by atoms with E-state index in [9.17, 15) is 4.39 Å². The van der Waals surface area contributed by atoms with Crippen LogP contribution in [0.15, 0.2) is 41.0 Å². The summed E-state index contributed by atoms with van der Waals surface area (Å²) in [6, 6.07) is 8.83. The second kappa shape index (κ2) is 5.96. The summed E-state index contributed by atoms with van der Waals surface area (Å²) in [5, 5.41) is 0. The van der Waals surface area contributed by atoms with Crippen LogP contribution in [0, 0.1) is 5.82 Å². The van der Waals surface area contributed by atoms with Gasteiger partial charge >= 0.3 is 0 Å². The average Bonchev–Trinajstić information content (AvgIpc) is 2.35. The summed E-state index contributed by atoms with van der Waals surface area (Å²) in [7, 11) is 0. The van der Waals surface area contributed by atoms with E-state index in [4.69, 9.17) is 4.74 Å². The lowest BCUT2D eigenvalue weighted by Gasteiger charge is -2.05. The fourth-order valence-corrected chi connectivity index (χ4v) is 2.07. The number of aromatic nitrogens is 1. The van der Waals surface area contributed by atoms with Gasteiger partial charge in [0.05, 0.1) is 13.0 Å². The van der Waals surface area contributed by atoms with Gasteiger partial charge in [-0.05, 0) is 30.7 Å². The van der Waals surface area contributed by atoms with Gasteiger partial charge in [0, 0.05) is 10.5 Å². The maximum atomic E-state index is 13.8. The molecule has 0 atom stereocenters. The Balaban J connectivity index is 2.28. The van der Waals surface area contributed by atoms with Crippen LogP contribution in [-0.2, 0) is 6.42 Å². The molecule has 2 aromatic rings. The minimum absolute atomic E-state index is 0.218. The number of pyridine rings is 1. The first-order chi connectivity index (χ1) is 8.70. The molecule has 1 aromatic heterocycles. The van der Waals surface area contributed by atoms with Crippen molar-refractivity contribution >= 4 is 15.9 Å². The van der Waals surface area contributed by atoms with Gasteiger partial charge in [-0.3, -0.25) is 0 Å². The largest absolute Gasteiger partial charge is 0.488 e. The fourth-order valence-electron chi connectivity index (χ4n) is 1.74. The molecule has 1 N–H and O–H groups in total.